The van der Waals surface area contributed by atoms with Gasteiger partial charge in [-0.2, -0.15) is 26.3 Å². The average Bonchev–Trinajstić information content (AvgIpc) is 3.28. The molecule has 4 rings (SSSR count). The van der Waals surface area contributed by atoms with Gasteiger partial charge in [-0.05, 0) is 86.0 Å². The topological polar surface area (TPSA) is 0 Å². The largest absolute Gasteiger partial charge is 0.416 e. The molecule has 2 fully saturated rings. The minimum absolute atomic E-state index is 0.504. The maximum Gasteiger partial charge on any atom is 0.416 e. The van der Waals surface area contributed by atoms with Crippen molar-refractivity contribution in [2.45, 2.75) is 38.0 Å². The zero-order valence-corrected chi connectivity index (χ0v) is 16.5. The number of fused-ring (bicyclic) bond motifs is 2. The van der Waals surface area contributed by atoms with E-state index in [0.717, 1.165) is 53.4 Å². The molecule has 29 heavy (non-hydrogen) atoms. The molecular formula is C22H21F6P. The van der Waals surface area contributed by atoms with Gasteiger partial charge < -0.3 is 0 Å². The van der Waals surface area contributed by atoms with E-state index in [2.05, 4.69) is 0 Å². The normalized spacial score (nSPS) is 24.4. The lowest BCUT2D eigenvalue weighted by Crippen LogP contribution is -2.22. The van der Waals surface area contributed by atoms with Gasteiger partial charge in [-0.1, -0.05) is 30.7 Å². The molecule has 156 valence electrons. The van der Waals surface area contributed by atoms with Crippen LogP contribution in [0.3, 0.4) is 0 Å². The number of benzene rings is 2. The van der Waals surface area contributed by atoms with Crippen LogP contribution in [0.2, 0.25) is 0 Å². The van der Waals surface area contributed by atoms with Crippen molar-refractivity contribution >= 4 is 18.5 Å². The molecule has 0 N–H and O–H groups in total. The van der Waals surface area contributed by atoms with Crippen LogP contribution in [0.15, 0.2) is 48.5 Å². The van der Waals surface area contributed by atoms with Crippen molar-refractivity contribution < 1.29 is 26.3 Å². The van der Waals surface area contributed by atoms with Crippen molar-refractivity contribution in [3.05, 3.63) is 59.7 Å². The van der Waals surface area contributed by atoms with Gasteiger partial charge >= 0.3 is 12.4 Å². The molecule has 0 saturated heterocycles. The minimum Gasteiger partial charge on any atom is -0.166 e. The molecule has 0 radical (unpaired) electrons. The first kappa shape index (κ1) is 20.7. The predicted molar refractivity (Wildman–Crippen MR) is 103 cm³/mol. The first-order valence-corrected chi connectivity index (χ1v) is 11.3. The van der Waals surface area contributed by atoms with Crippen LogP contribution in [0.1, 0.15) is 36.8 Å². The van der Waals surface area contributed by atoms with E-state index < -0.39 is 31.4 Å². The standard InChI is InChI=1S/C22H21F6P/c23-21(24,25)17-3-7-19(8-4-17)29(13-16-12-14-1-2-15(16)11-14)20-9-5-18(6-10-20)22(26,27)28/h3-10,14-16H,1-2,11-13H2. The summed E-state index contributed by atoms with van der Waals surface area (Å²) in [5.74, 6) is 1.89. The molecule has 2 aromatic carbocycles. The first-order chi connectivity index (χ1) is 13.6. The molecule has 0 heterocycles. The second-order valence-electron chi connectivity index (χ2n) is 8.13. The van der Waals surface area contributed by atoms with E-state index in [-0.39, 0.29) is 0 Å². The Morgan fingerprint density at radius 1 is 0.690 bits per heavy atom. The van der Waals surface area contributed by atoms with Crippen molar-refractivity contribution in [2.24, 2.45) is 17.8 Å². The molecule has 2 aliphatic carbocycles. The summed E-state index contributed by atoms with van der Waals surface area (Å²) in [6, 6.07) is 10.3. The summed E-state index contributed by atoms with van der Waals surface area (Å²) in [5, 5.41) is 1.58. The van der Waals surface area contributed by atoms with Crippen LogP contribution in [-0.4, -0.2) is 6.16 Å². The lowest BCUT2D eigenvalue weighted by Gasteiger charge is -2.28. The average molecular weight is 430 g/mol. The number of alkyl halides is 6. The second kappa shape index (κ2) is 7.61. The van der Waals surface area contributed by atoms with Crippen molar-refractivity contribution in [1.29, 1.82) is 0 Å². The van der Waals surface area contributed by atoms with Crippen LogP contribution in [-0.2, 0) is 12.4 Å². The van der Waals surface area contributed by atoms with Crippen molar-refractivity contribution in [3.63, 3.8) is 0 Å². The lowest BCUT2D eigenvalue weighted by molar-refractivity contribution is -0.138. The van der Waals surface area contributed by atoms with Crippen LogP contribution in [0.5, 0.6) is 0 Å². The molecule has 2 aliphatic rings. The number of rotatable bonds is 4. The molecule has 3 atom stereocenters. The van der Waals surface area contributed by atoms with E-state index >= 15 is 0 Å². The van der Waals surface area contributed by atoms with E-state index in [0.29, 0.717) is 11.8 Å². The molecule has 2 aromatic rings. The number of halogens is 6. The summed E-state index contributed by atoms with van der Waals surface area (Å²) in [7, 11) is -1.00. The third kappa shape index (κ3) is 4.47. The Balaban J connectivity index is 1.64. The summed E-state index contributed by atoms with van der Waals surface area (Å²) in [6.45, 7) is 0. The van der Waals surface area contributed by atoms with E-state index in [4.69, 9.17) is 0 Å². The fraction of sp³-hybridized carbons (Fsp3) is 0.455. The SMILES string of the molecule is FC(F)(F)c1ccc(P(CC2CC3CCC2C3)c2ccc(C(F)(F)F)cc2)cc1. The molecule has 0 aromatic heterocycles. The van der Waals surface area contributed by atoms with Gasteiger partial charge in [0.05, 0.1) is 11.1 Å². The Morgan fingerprint density at radius 2 is 1.17 bits per heavy atom. The molecule has 3 unspecified atom stereocenters. The van der Waals surface area contributed by atoms with Crippen LogP contribution in [0, 0.1) is 17.8 Å². The van der Waals surface area contributed by atoms with Gasteiger partial charge in [0.25, 0.3) is 0 Å². The van der Waals surface area contributed by atoms with Crippen molar-refractivity contribution in [2.75, 3.05) is 6.16 Å². The number of hydrogen-bond acceptors (Lipinski definition) is 0. The van der Waals surface area contributed by atoms with Gasteiger partial charge in [-0.3, -0.25) is 0 Å². The maximum atomic E-state index is 12.9. The zero-order valence-electron chi connectivity index (χ0n) is 15.6. The highest BCUT2D eigenvalue weighted by Gasteiger charge is 2.40. The quantitative estimate of drug-likeness (QED) is 0.379. The van der Waals surface area contributed by atoms with Crippen LogP contribution < -0.4 is 10.6 Å². The van der Waals surface area contributed by atoms with E-state index in [9.17, 15) is 26.3 Å². The van der Waals surface area contributed by atoms with Crippen molar-refractivity contribution in [3.8, 4) is 0 Å². The van der Waals surface area contributed by atoms with Gasteiger partial charge in [-0.15, -0.1) is 0 Å². The summed E-state index contributed by atoms with van der Waals surface area (Å²) in [6.07, 6.45) is -3.19. The van der Waals surface area contributed by atoms with Crippen LogP contribution in [0.25, 0.3) is 0 Å². The molecule has 0 spiro atoms. The third-order valence-corrected chi connectivity index (χ3v) is 8.99. The monoisotopic (exact) mass is 430 g/mol. The van der Waals surface area contributed by atoms with Gasteiger partial charge in [0.1, 0.15) is 0 Å². The highest BCUT2D eigenvalue weighted by Crippen LogP contribution is 2.52. The smallest absolute Gasteiger partial charge is 0.166 e. The Kier molecular flexibility index (Phi) is 5.43. The Labute approximate surface area is 167 Å². The molecular weight excluding hydrogens is 409 g/mol. The van der Waals surface area contributed by atoms with Gasteiger partial charge in [-0.25, -0.2) is 0 Å². The summed E-state index contributed by atoms with van der Waals surface area (Å²) in [5.41, 5.74) is -1.41. The third-order valence-electron chi connectivity index (χ3n) is 6.31. The van der Waals surface area contributed by atoms with Crippen LogP contribution in [0.4, 0.5) is 26.3 Å². The molecule has 0 amide bonds. The van der Waals surface area contributed by atoms with E-state index in [1.807, 2.05) is 0 Å². The molecule has 2 saturated carbocycles. The minimum atomic E-state index is -4.40. The summed E-state index contributed by atoms with van der Waals surface area (Å²) < 4.78 is 77.6. The number of hydrogen-bond donors (Lipinski definition) is 0. The van der Waals surface area contributed by atoms with Gasteiger partial charge in [0.15, 0.2) is 0 Å². The van der Waals surface area contributed by atoms with E-state index in [1.165, 1.54) is 43.5 Å². The highest BCUT2D eigenvalue weighted by molar-refractivity contribution is 7.73. The summed E-state index contributed by atoms with van der Waals surface area (Å²) >= 11 is 0. The molecule has 0 nitrogen and oxygen atoms in total. The molecule has 0 aliphatic heterocycles. The highest BCUT2D eigenvalue weighted by atomic mass is 31.1. The zero-order chi connectivity index (χ0) is 20.8. The Morgan fingerprint density at radius 3 is 1.52 bits per heavy atom. The van der Waals surface area contributed by atoms with Crippen LogP contribution >= 0.6 is 7.92 Å². The van der Waals surface area contributed by atoms with Gasteiger partial charge in [0.2, 0.25) is 0 Å². The fourth-order valence-corrected chi connectivity index (χ4v) is 7.51. The molecule has 2 bridgehead atoms. The lowest BCUT2D eigenvalue weighted by atomic mass is 9.90. The first-order valence-electron chi connectivity index (χ1n) is 9.73. The van der Waals surface area contributed by atoms with Crippen molar-refractivity contribution in [1.82, 2.24) is 0 Å². The second-order valence-corrected chi connectivity index (χ2v) is 10.4. The Hall–Kier alpha value is -1.55. The molecule has 7 heteroatoms. The Bertz CT molecular complexity index is 780. The predicted octanol–water partition coefficient (Wildman–Crippen LogP) is 6.59. The van der Waals surface area contributed by atoms with E-state index in [1.54, 1.807) is 0 Å². The maximum absolute atomic E-state index is 12.9. The summed E-state index contributed by atoms with van der Waals surface area (Å²) in [4.78, 5) is 0. The van der Waals surface area contributed by atoms with Gasteiger partial charge in [0, 0.05) is 0 Å². The fourth-order valence-electron chi connectivity index (χ4n) is 4.86.